The standard InChI is InChI=1S/C19H25N3O5/c23-17-11-14(12-22(17)13-15-3-1-9-26-15)18(24)20-5-7-21(8-6-20)19(25)16-4-2-10-27-16/h1,3,9,14,16H,2,4-8,10-13H2. The highest BCUT2D eigenvalue weighted by Crippen LogP contribution is 2.23. The summed E-state index contributed by atoms with van der Waals surface area (Å²) in [5.41, 5.74) is 0. The Morgan fingerprint density at radius 3 is 2.48 bits per heavy atom. The molecule has 2 unspecified atom stereocenters. The lowest BCUT2D eigenvalue weighted by molar-refractivity contribution is -0.147. The van der Waals surface area contributed by atoms with Crippen LogP contribution in [-0.4, -0.2) is 77.9 Å². The van der Waals surface area contributed by atoms with E-state index >= 15 is 0 Å². The molecule has 0 radical (unpaired) electrons. The van der Waals surface area contributed by atoms with Crippen molar-refractivity contribution in [2.24, 2.45) is 5.92 Å². The van der Waals surface area contributed by atoms with E-state index in [0.29, 0.717) is 45.9 Å². The van der Waals surface area contributed by atoms with Crippen LogP contribution in [0.4, 0.5) is 0 Å². The number of amides is 3. The van der Waals surface area contributed by atoms with Crippen LogP contribution in [0.5, 0.6) is 0 Å². The van der Waals surface area contributed by atoms with Gasteiger partial charge in [0.1, 0.15) is 11.9 Å². The largest absolute Gasteiger partial charge is 0.467 e. The number of likely N-dealkylation sites (tertiary alicyclic amines) is 1. The molecule has 3 saturated heterocycles. The predicted molar refractivity (Wildman–Crippen MR) is 94.4 cm³/mol. The molecule has 3 aliphatic heterocycles. The monoisotopic (exact) mass is 375 g/mol. The average Bonchev–Trinajstić information content (AvgIpc) is 3.44. The van der Waals surface area contributed by atoms with Crippen molar-refractivity contribution in [1.29, 1.82) is 0 Å². The first-order valence-electron chi connectivity index (χ1n) is 9.61. The van der Waals surface area contributed by atoms with Gasteiger partial charge in [-0.05, 0) is 25.0 Å². The Balaban J connectivity index is 1.28. The second kappa shape index (κ2) is 7.72. The minimum absolute atomic E-state index is 0.00881. The van der Waals surface area contributed by atoms with E-state index < -0.39 is 0 Å². The van der Waals surface area contributed by atoms with E-state index in [2.05, 4.69) is 0 Å². The highest BCUT2D eigenvalue weighted by atomic mass is 16.5. The van der Waals surface area contributed by atoms with Gasteiger partial charge in [-0.2, -0.15) is 0 Å². The van der Waals surface area contributed by atoms with E-state index in [1.165, 1.54) is 0 Å². The van der Waals surface area contributed by atoms with E-state index in [1.807, 2.05) is 6.07 Å². The van der Waals surface area contributed by atoms with Crippen LogP contribution in [0.25, 0.3) is 0 Å². The fourth-order valence-corrected chi connectivity index (χ4v) is 4.06. The SMILES string of the molecule is O=C1CC(C(=O)N2CCN(C(=O)C3CCCO3)CC2)CN1Cc1ccco1. The maximum atomic E-state index is 12.8. The Hall–Kier alpha value is -2.35. The van der Waals surface area contributed by atoms with Gasteiger partial charge >= 0.3 is 0 Å². The van der Waals surface area contributed by atoms with Crippen molar-refractivity contribution in [1.82, 2.24) is 14.7 Å². The number of hydrogen-bond donors (Lipinski definition) is 0. The molecule has 0 N–H and O–H groups in total. The quantitative estimate of drug-likeness (QED) is 0.764. The molecule has 3 amide bonds. The van der Waals surface area contributed by atoms with Crippen LogP contribution in [0.15, 0.2) is 22.8 Å². The van der Waals surface area contributed by atoms with Crippen LogP contribution in [0, 0.1) is 5.92 Å². The molecule has 1 aromatic rings. The summed E-state index contributed by atoms with van der Waals surface area (Å²) in [5.74, 6) is 0.442. The lowest BCUT2D eigenvalue weighted by Crippen LogP contribution is -2.54. The number of rotatable bonds is 4. The number of piperazine rings is 1. The molecule has 27 heavy (non-hydrogen) atoms. The molecule has 0 spiro atoms. The van der Waals surface area contributed by atoms with Gasteiger partial charge in [0, 0.05) is 45.8 Å². The maximum Gasteiger partial charge on any atom is 0.251 e. The molecule has 8 nitrogen and oxygen atoms in total. The Kier molecular flexibility index (Phi) is 5.15. The van der Waals surface area contributed by atoms with Gasteiger partial charge in [0.2, 0.25) is 11.8 Å². The molecule has 8 heteroatoms. The number of nitrogens with zero attached hydrogens (tertiary/aromatic N) is 3. The molecule has 0 bridgehead atoms. The summed E-state index contributed by atoms with van der Waals surface area (Å²) in [6.07, 6.45) is 3.23. The summed E-state index contributed by atoms with van der Waals surface area (Å²) in [5, 5.41) is 0. The molecule has 3 fully saturated rings. The first-order valence-corrected chi connectivity index (χ1v) is 9.61. The Labute approximate surface area is 158 Å². The number of carbonyl (C=O) groups is 3. The second-order valence-corrected chi connectivity index (χ2v) is 7.41. The van der Waals surface area contributed by atoms with Crippen molar-refractivity contribution in [2.45, 2.75) is 31.9 Å². The minimum Gasteiger partial charge on any atom is -0.467 e. The molecule has 1 aromatic heterocycles. The van der Waals surface area contributed by atoms with Gasteiger partial charge in [-0.1, -0.05) is 0 Å². The van der Waals surface area contributed by atoms with Gasteiger partial charge in [-0.3, -0.25) is 14.4 Å². The summed E-state index contributed by atoms with van der Waals surface area (Å²) in [6, 6.07) is 3.61. The third-order valence-electron chi connectivity index (χ3n) is 5.60. The van der Waals surface area contributed by atoms with Gasteiger partial charge in [0.15, 0.2) is 0 Å². The fraction of sp³-hybridized carbons (Fsp3) is 0.632. The molecule has 0 aromatic carbocycles. The van der Waals surface area contributed by atoms with Crippen LogP contribution >= 0.6 is 0 Å². The highest BCUT2D eigenvalue weighted by Gasteiger charge is 2.38. The van der Waals surface area contributed by atoms with Gasteiger partial charge in [0.05, 0.1) is 18.7 Å². The van der Waals surface area contributed by atoms with Gasteiger partial charge in [-0.15, -0.1) is 0 Å². The first kappa shape index (κ1) is 18.0. The molecule has 146 valence electrons. The Morgan fingerprint density at radius 2 is 1.85 bits per heavy atom. The molecule has 4 heterocycles. The van der Waals surface area contributed by atoms with Crippen molar-refractivity contribution in [2.75, 3.05) is 39.3 Å². The zero-order valence-corrected chi connectivity index (χ0v) is 15.3. The van der Waals surface area contributed by atoms with Gasteiger partial charge in [-0.25, -0.2) is 0 Å². The number of furan rings is 1. The predicted octanol–water partition coefficient (Wildman–Crippen LogP) is 0.478. The summed E-state index contributed by atoms with van der Waals surface area (Å²) in [6.45, 7) is 3.56. The number of hydrogen-bond acceptors (Lipinski definition) is 5. The second-order valence-electron chi connectivity index (χ2n) is 7.41. The normalized spacial score (nSPS) is 26.1. The summed E-state index contributed by atoms with van der Waals surface area (Å²) in [4.78, 5) is 42.7. The third-order valence-corrected chi connectivity index (χ3v) is 5.60. The molecule has 0 saturated carbocycles. The van der Waals surface area contributed by atoms with Crippen LogP contribution in [0.2, 0.25) is 0 Å². The van der Waals surface area contributed by atoms with Crippen molar-refractivity contribution in [3.63, 3.8) is 0 Å². The van der Waals surface area contributed by atoms with E-state index in [-0.39, 0.29) is 36.2 Å². The summed E-state index contributed by atoms with van der Waals surface area (Å²) in [7, 11) is 0. The van der Waals surface area contributed by atoms with Gasteiger partial charge < -0.3 is 23.9 Å². The molecule has 2 atom stereocenters. The minimum atomic E-state index is -0.312. The smallest absolute Gasteiger partial charge is 0.251 e. The molecular formula is C19H25N3O5. The van der Waals surface area contributed by atoms with Crippen molar-refractivity contribution >= 4 is 17.7 Å². The zero-order valence-electron chi connectivity index (χ0n) is 15.3. The average molecular weight is 375 g/mol. The summed E-state index contributed by atoms with van der Waals surface area (Å²) < 4.78 is 10.8. The van der Waals surface area contributed by atoms with Crippen molar-refractivity contribution in [3.8, 4) is 0 Å². The Bertz CT molecular complexity index is 690. The molecule has 3 aliphatic rings. The van der Waals surface area contributed by atoms with Crippen LogP contribution < -0.4 is 0 Å². The van der Waals surface area contributed by atoms with Crippen molar-refractivity contribution in [3.05, 3.63) is 24.2 Å². The van der Waals surface area contributed by atoms with E-state index in [4.69, 9.17) is 9.15 Å². The van der Waals surface area contributed by atoms with Crippen LogP contribution in [0.1, 0.15) is 25.0 Å². The maximum absolute atomic E-state index is 12.8. The lowest BCUT2D eigenvalue weighted by atomic mass is 10.1. The molecular weight excluding hydrogens is 350 g/mol. The molecule has 4 rings (SSSR count). The van der Waals surface area contributed by atoms with E-state index in [0.717, 1.165) is 18.6 Å². The Morgan fingerprint density at radius 1 is 1.11 bits per heavy atom. The van der Waals surface area contributed by atoms with E-state index in [9.17, 15) is 14.4 Å². The van der Waals surface area contributed by atoms with E-state index in [1.54, 1.807) is 27.0 Å². The topological polar surface area (TPSA) is 83.3 Å². The number of ether oxygens (including phenoxy) is 1. The first-order chi connectivity index (χ1) is 13.1. The highest BCUT2D eigenvalue weighted by molar-refractivity contribution is 5.89. The van der Waals surface area contributed by atoms with Crippen LogP contribution in [0.3, 0.4) is 0 Å². The summed E-state index contributed by atoms with van der Waals surface area (Å²) >= 11 is 0. The lowest BCUT2D eigenvalue weighted by Gasteiger charge is -2.36. The van der Waals surface area contributed by atoms with Gasteiger partial charge in [0.25, 0.3) is 5.91 Å². The number of carbonyl (C=O) groups excluding carboxylic acids is 3. The zero-order chi connectivity index (χ0) is 18.8. The molecule has 0 aliphatic carbocycles. The fourth-order valence-electron chi connectivity index (χ4n) is 4.06. The van der Waals surface area contributed by atoms with Crippen molar-refractivity contribution < 1.29 is 23.5 Å². The third kappa shape index (κ3) is 3.85. The van der Waals surface area contributed by atoms with Crippen LogP contribution in [-0.2, 0) is 25.7 Å².